The fourth-order valence-electron chi connectivity index (χ4n) is 11.1. The first-order valence-corrected chi connectivity index (χ1v) is 25.7. The lowest BCUT2D eigenvalue weighted by atomic mass is 9.78. The number of anilines is 2. The third-order valence-corrected chi connectivity index (χ3v) is 15.6. The van der Waals surface area contributed by atoms with Crippen LogP contribution in [0.1, 0.15) is 90.6 Å². The molecule has 6 aliphatic heterocycles. The lowest BCUT2D eigenvalue weighted by molar-refractivity contribution is -0.114. The first-order chi connectivity index (χ1) is 34.7. The molecular formula is C55H73N7O11. The number of ether oxygens (including phenoxy) is 4. The monoisotopic (exact) mass is 1010 g/mol. The van der Waals surface area contributed by atoms with Crippen molar-refractivity contribution in [2.45, 2.75) is 117 Å². The molecule has 73 heavy (non-hydrogen) atoms. The van der Waals surface area contributed by atoms with Gasteiger partial charge in [-0.15, -0.1) is 0 Å². The smallest absolute Gasteiger partial charge is 0.410 e. The van der Waals surface area contributed by atoms with Crippen molar-refractivity contribution in [3.8, 4) is 17.2 Å². The first kappa shape index (κ1) is 53.2. The number of aromatic nitrogens is 1. The molecule has 7 heterocycles. The van der Waals surface area contributed by atoms with Crippen LogP contribution in [0.25, 0.3) is 10.8 Å². The lowest BCUT2D eigenvalue weighted by Crippen LogP contribution is -2.48. The Kier molecular flexibility index (Phi) is 15.6. The molecule has 9 atom stereocenters. The maximum absolute atomic E-state index is 15.0. The highest BCUT2D eigenvalue weighted by molar-refractivity contribution is 6.21. The molecule has 6 aliphatic rings. The van der Waals surface area contributed by atoms with Crippen LogP contribution in [0.4, 0.5) is 16.3 Å². The maximum Gasteiger partial charge on any atom is 0.410 e. The van der Waals surface area contributed by atoms with E-state index in [1.165, 1.54) is 20.3 Å². The average Bonchev–Trinajstić information content (AvgIpc) is 3.73. The summed E-state index contributed by atoms with van der Waals surface area (Å²) in [5.74, 6) is -5.48. The summed E-state index contributed by atoms with van der Waals surface area (Å²) < 4.78 is 25.1. The molecule has 1 aromatic heterocycles. The van der Waals surface area contributed by atoms with Gasteiger partial charge in [-0.1, -0.05) is 65.8 Å². The first-order valence-electron chi connectivity index (χ1n) is 25.7. The Balaban J connectivity index is 1.19. The van der Waals surface area contributed by atoms with Crippen molar-refractivity contribution in [1.82, 2.24) is 14.8 Å². The summed E-state index contributed by atoms with van der Waals surface area (Å²) in [5.41, 5.74) is -0.150. The van der Waals surface area contributed by atoms with Crippen LogP contribution in [0.15, 0.2) is 70.5 Å². The van der Waals surface area contributed by atoms with E-state index < -0.39 is 83.1 Å². The van der Waals surface area contributed by atoms with Crippen molar-refractivity contribution in [2.75, 3.05) is 63.1 Å². The number of allylic oxidation sites excluding steroid dienone is 2. The average molecular weight is 1010 g/mol. The summed E-state index contributed by atoms with van der Waals surface area (Å²) in [6.45, 7) is 20.4. The van der Waals surface area contributed by atoms with E-state index >= 15 is 0 Å². The molecule has 5 bridgehead atoms. The Morgan fingerprint density at radius 1 is 0.918 bits per heavy atom. The number of benzene rings is 2. The molecule has 2 amide bonds. The molecule has 9 rings (SSSR count). The van der Waals surface area contributed by atoms with E-state index in [0.29, 0.717) is 70.1 Å². The molecule has 2 fully saturated rings. The minimum absolute atomic E-state index is 0.0480. The van der Waals surface area contributed by atoms with Crippen molar-refractivity contribution < 1.29 is 53.8 Å². The van der Waals surface area contributed by atoms with Crippen molar-refractivity contribution in [1.29, 1.82) is 0 Å². The summed E-state index contributed by atoms with van der Waals surface area (Å²) in [7, 11) is 1.49. The Morgan fingerprint density at radius 2 is 1.66 bits per heavy atom. The van der Waals surface area contributed by atoms with E-state index in [0.717, 1.165) is 12.4 Å². The van der Waals surface area contributed by atoms with Gasteiger partial charge in [-0.05, 0) is 44.4 Å². The van der Waals surface area contributed by atoms with Crippen LogP contribution in [0, 0.1) is 36.5 Å². The highest BCUT2D eigenvalue weighted by Gasteiger charge is 2.51. The summed E-state index contributed by atoms with van der Waals surface area (Å²) in [4.78, 5) is 63.5. The predicted molar refractivity (Wildman–Crippen MR) is 275 cm³/mol. The fourth-order valence-corrected chi connectivity index (χ4v) is 11.1. The molecule has 3 aromatic rings. The number of hydrogen-bond acceptors (Lipinski definition) is 16. The summed E-state index contributed by atoms with van der Waals surface area (Å²) in [6, 6.07) is 5.72. The van der Waals surface area contributed by atoms with Gasteiger partial charge in [0.25, 0.3) is 11.7 Å². The number of aromatic hydroxyl groups is 2. The zero-order valence-corrected chi connectivity index (χ0v) is 43.8. The molecule has 0 radical (unpaired) electrons. The normalized spacial score (nSPS) is 30.7. The number of ketones is 1. The van der Waals surface area contributed by atoms with Crippen LogP contribution >= 0.6 is 0 Å². The summed E-state index contributed by atoms with van der Waals surface area (Å²) in [5, 5.41) is 51.7. The van der Waals surface area contributed by atoms with Gasteiger partial charge in [-0.3, -0.25) is 14.6 Å². The summed E-state index contributed by atoms with van der Waals surface area (Å²) in [6.07, 6.45) is 6.74. The number of piperidine rings is 1. The number of carbonyl (C=O) groups excluding carboxylic acids is 3. The molecule has 394 valence electrons. The van der Waals surface area contributed by atoms with Gasteiger partial charge in [0.05, 0.1) is 41.2 Å². The zero-order valence-electron chi connectivity index (χ0n) is 43.8. The lowest BCUT2D eigenvalue weighted by Gasteiger charge is -2.38. The molecule has 0 unspecified atom stereocenters. The number of amides is 2. The number of rotatable bonds is 5. The van der Waals surface area contributed by atoms with Crippen molar-refractivity contribution in [2.24, 2.45) is 39.6 Å². The van der Waals surface area contributed by atoms with Gasteiger partial charge in [0.2, 0.25) is 0 Å². The standard InChI is InChI=1S/C55H73N7O11/c1-30(2)29-60-24-19-55(20-25-60)58-42-39-40-47(65)36(8)50-41(39)51(67)54(9,73-50)71-28-18-37(70-10)33(5)49(72-53(69)62-23-14-22-61(26-27-62)38-17-11-12-21-56-38)35(7)46(64)34(6)45(63)31(3)15-13-16-32(4)52(68)57-44(48(40)66)43(42)59-55/h11-13,15-18,21,28,30-31,33-35,37,45-46,49,58,63-66H,14,19-20,22-27,29H2,1-10H3/b15-13+,28-18+,32-16-,57-44?/t31-,33+,34+,35+,37-,45-,46+,49+,54-/m0/s1. The van der Waals surface area contributed by atoms with Gasteiger partial charge in [0.1, 0.15) is 39.8 Å². The van der Waals surface area contributed by atoms with Crippen molar-refractivity contribution >= 4 is 40.1 Å². The topological polar surface area (TPSA) is 228 Å². The molecule has 5 N–H and O–H groups in total. The molecular weight excluding hydrogens is 935 g/mol. The minimum Gasteiger partial charge on any atom is -0.507 e. The molecule has 18 heteroatoms. The second-order valence-corrected chi connectivity index (χ2v) is 21.3. The number of hydrogen-bond donors (Lipinski definition) is 5. The van der Waals surface area contributed by atoms with E-state index in [-0.39, 0.29) is 49.7 Å². The zero-order chi connectivity index (χ0) is 52.7. The number of nitrogens with zero attached hydrogens (tertiary/aromatic N) is 6. The van der Waals surface area contributed by atoms with Gasteiger partial charge in [0, 0.05) is 119 Å². The van der Waals surface area contributed by atoms with Crippen LogP contribution in [0.3, 0.4) is 0 Å². The fraction of sp³-hybridized carbons (Fsp3) is 0.564. The number of Topliss-reactive ketones (excluding diaryl/α,β-unsaturated/α-hetero) is 1. The van der Waals surface area contributed by atoms with E-state index in [9.17, 15) is 34.8 Å². The number of nitrogens with one attached hydrogen (secondary N) is 1. The van der Waals surface area contributed by atoms with E-state index in [1.54, 1.807) is 70.0 Å². The third kappa shape index (κ3) is 10.4. The van der Waals surface area contributed by atoms with Crippen LogP contribution in [0.2, 0.25) is 0 Å². The van der Waals surface area contributed by atoms with Crippen molar-refractivity contribution in [3.05, 3.63) is 82.4 Å². The van der Waals surface area contributed by atoms with Crippen LogP contribution in [0.5, 0.6) is 17.2 Å². The Bertz CT molecular complexity index is 2810. The SMILES string of the molecule is CO[C@H]1/C=C/O[C@@]2(C)Oc3c(C)c(O)c4c(O)c(c5c(c4c3C2=O)NC2(CCN(CC(C)C)CC2)N=5)=NC(=O)/C(C)=C\C=C\[C@H](C)[C@H](O)[C@@H](C)[C@@H](O)[C@@H](C)[C@H](OC(=O)N2CCCN(c3ccccn3)CC2)[C@@H]1C. The molecule has 2 saturated heterocycles. The Hall–Kier alpha value is -6.08. The molecule has 1 spiro atoms. The van der Waals surface area contributed by atoms with Gasteiger partial charge in [-0.25, -0.2) is 14.8 Å². The number of pyridine rings is 1. The Labute approximate surface area is 427 Å². The van der Waals surface area contributed by atoms with Crippen molar-refractivity contribution in [3.63, 3.8) is 0 Å². The van der Waals surface area contributed by atoms with E-state index in [2.05, 4.69) is 38.9 Å². The third-order valence-electron chi connectivity index (χ3n) is 15.6. The highest BCUT2D eigenvalue weighted by Crippen LogP contribution is 2.51. The van der Waals surface area contributed by atoms with Gasteiger partial charge in [-0.2, -0.15) is 0 Å². The number of aliphatic hydroxyl groups excluding tert-OH is 2. The summed E-state index contributed by atoms with van der Waals surface area (Å²) >= 11 is 0. The number of likely N-dealkylation sites (tertiary alicyclic amines) is 1. The molecule has 0 aliphatic carbocycles. The minimum atomic E-state index is -1.99. The molecule has 2 aromatic carbocycles. The van der Waals surface area contributed by atoms with Crippen LogP contribution in [-0.2, 0) is 19.0 Å². The number of aliphatic hydroxyl groups is 2. The molecule has 0 saturated carbocycles. The second-order valence-electron chi connectivity index (χ2n) is 21.3. The second kappa shape index (κ2) is 21.4. The quantitative estimate of drug-likeness (QED) is 0.187. The maximum atomic E-state index is 15.0. The van der Waals surface area contributed by atoms with E-state index in [1.807, 2.05) is 25.1 Å². The number of carbonyl (C=O) groups is 3. The van der Waals surface area contributed by atoms with Gasteiger partial charge >= 0.3 is 11.9 Å². The molecule has 18 nitrogen and oxygen atoms in total. The van der Waals surface area contributed by atoms with Crippen LogP contribution in [-0.4, -0.2) is 142 Å². The predicted octanol–water partition coefficient (Wildman–Crippen LogP) is 5.93. The number of methoxy groups -OCH3 is 1. The van der Waals surface area contributed by atoms with Crippen LogP contribution < -0.4 is 25.7 Å². The van der Waals surface area contributed by atoms with Gasteiger partial charge in [0.15, 0.2) is 5.75 Å². The number of fused-ring (bicyclic) bond motifs is 13. The number of phenols is 2. The largest absolute Gasteiger partial charge is 0.507 e. The van der Waals surface area contributed by atoms with E-state index in [4.69, 9.17) is 23.9 Å². The number of phenolic OH excluding ortho intramolecular Hbond substituents is 2. The highest BCUT2D eigenvalue weighted by atomic mass is 16.7. The van der Waals surface area contributed by atoms with Gasteiger partial charge < -0.3 is 59.4 Å². The Morgan fingerprint density at radius 3 is 2.34 bits per heavy atom.